The number of rotatable bonds is 0. The van der Waals surface area contributed by atoms with Crippen LogP contribution in [0.2, 0.25) is 0 Å². The van der Waals surface area contributed by atoms with Crippen molar-refractivity contribution in [1.29, 1.82) is 0 Å². The molecule has 2 aliphatic rings. The Labute approximate surface area is 87.1 Å². The molecule has 2 atom stereocenters. The minimum Gasteiger partial charge on any atom is -0.465 e. The number of aliphatic hydroxyl groups excluding tert-OH is 1. The minimum absolute atomic E-state index is 0.0553. The quantitative estimate of drug-likeness (QED) is 0.560. The molecule has 2 N–H and O–H groups in total. The summed E-state index contributed by atoms with van der Waals surface area (Å²) in [7, 11) is 0. The summed E-state index contributed by atoms with van der Waals surface area (Å²) in [5, 5.41) is 18.3. The molecule has 0 unspecified atom stereocenters. The molecule has 15 heavy (non-hydrogen) atoms. The molecule has 0 aromatic heterocycles. The first kappa shape index (κ1) is 10.2. The molecule has 0 radical (unpaired) electrons. The van der Waals surface area contributed by atoms with Gasteiger partial charge >= 0.3 is 6.09 Å². The molecule has 6 heteroatoms. The number of aliphatic hydroxyl groups is 1. The summed E-state index contributed by atoms with van der Waals surface area (Å²) in [5.41, 5.74) is 0. The van der Waals surface area contributed by atoms with Gasteiger partial charge in [-0.15, -0.1) is 0 Å². The van der Waals surface area contributed by atoms with Crippen molar-refractivity contribution < 1.29 is 19.8 Å². The van der Waals surface area contributed by atoms with Crippen LogP contribution in [0.25, 0.3) is 0 Å². The largest absolute Gasteiger partial charge is 0.465 e. The Morgan fingerprint density at radius 2 is 2.13 bits per heavy atom. The number of fused-ring (bicyclic) bond motifs is 1. The summed E-state index contributed by atoms with van der Waals surface area (Å²) in [5.74, 6) is -0.0553. The fourth-order valence-electron chi connectivity index (χ4n) is 2.26. The normalized spacial score (nSPS) is 31.4. The van der Waals surface area contributed by atoms with Crippen molar-refractivity contribution in [1.82, 2.24) is 9.80 Å². The van der Waals surface area contributed by atoms with Gasteiger partial charge in [0.1, 0.15) is 0 Å². The second-order valence-electron chi connectivity index (χ2n) is 4.07. The molecule has 2 aliphatic heterocycles. The zero-order chi connectivity index (χ0) is 11.0. The lowest BCUT2D eigenvalue weighted by atomic mass is 10.2. The topological polar surface area (TPSA) is 81.1 Å². The monoisotopic (exact) mass is 214 g/mol. The Morgan fingerprint density at radius 3 is 2.80 bits per heavy atom. The van der Waals surface area contributed by atoms with Gasteiger partial charge in [-0.3, -0.25) is 4.79 Å². The van der Waals surface area contributed by atoms with Gasteiger partial charge in [0.25, 0.3) is 0 Å². The van der Waals surface area contributed by atoms with E-state index in [1.54, 1.807) is 4.90 Å². The minimum atomic E-state index is -0.994. The molecule has 2 amide bonds. The van der Waals surface area contributed by atoms with E-state index in [9.17, 15) is 14.7 Å². The van der Waals surface area contributed by atoms with Crippen molar-refractivity contribution in [2.75, 3.05) is 19.6 Å². The lowest BCUT2D eigenvalue weighted by Crippen LogP contribution is -2.40. The summed E-state index contributed by atoms with van der Waals surface area (Å²) in [6.07, 6.45) is -0.802. The fraction of sp³-hybridized carbons (Fsp3) is 0.778. The molecule has 2 heterocycles. The van der Waals surface area contributed by atoms with Gasteiger partial charge in [0.05, 0.1) is 12.1 Å². The van der Waals surface area contributed by atoms with Crippen LogP contribution in [0.1, 0.15) is 12.8 Å². The summed E-state index contributed by atoms with van der Waals surface area (Å²) in [4.78, 5) is 25.3. The highest BCUT2D eigenvalue weighted by molar-refractivity contribution is 5.78. The van der Waals surface area contributed by atoms with Crippen molar-refractivity contribution in [3.8, 4) is 0 Å². The summed E-state index contributed by atoms with van der Waals surface area (Å²) in [6.45, 7) is 0.923. The third-order valence-electron chi connectivity index (χ3n) is 3.01. The Hall–Kier alpha value is -1.30. The van der Waals surface area contributed by atoms with E-state index < -0.39 is 12.2 Å². The lowest BCUT2D eigenvalue weighted by Gasteiger charge is -2.23. The van der Waals surface area contributed by atoms with Crippen molar-refractivity contribution in [2.45, 2.75) is 25.0 Å². The van der Waals surface area contributed by atoms with E-state index in [4.69, 9.17) is 5.11 Å². The number of amides is 2. The van der Waals surface area contributed by atoms with E-state index in [1.165, 1.54) is 4.90 Å². The number of hydrogen-bond acceptors (Lipinski definition) is 3. The number of carbonyl (C=O) groups is 2. The summed E-state index contributed by atoms with van der Waals surface area (Å²) < 4.78 is 0. The van der Waals surface area contributed by atoms with Crippen LogP contribution in [-0.4, -0.2) is 63.8 Å². The number of carbonyl (C=O) groups excluding carboxylic acids is 1. The zero-order valence-electron chi connectivity index (χ0n) is 8.30. The molecule has 0 aromatic rings. The fourth-order valence-corrected chi connectivity index (χ4v) is 2.26. The van der Waals surface area contributed by atoms with Crippen LogP contribution in [0.4, 0.5) is 4.79 Å². The molecule has 0 saturated carbocycles. The van der Waals surface area contributed by atoms with Crippen LogP contribution in [0, 0.1) is 0 Å². The maximum atomic E-state index is 11.6. The van der Waals surface area contributed by atoms with Gasteiger partial charge in [0.2, 0.25) is 5.91 Å². The van der Waals surface area contributed by atoms with Crippen molar-refractivity contribution in [3.05, 3.63) is 0 Å². The van der Waals surface area contributed by atoms with Crippen LogP contribution in [0.5, 0.6) is 0 Å². The standard InChI is InChI=1S/C9H14N2O4/c12-7-3-6-4-10(9(14)15)2-1-8(13)11(6)5-7/h6-7,12H,1-5H2,(H,14,15)/t6-,7+/m0/s1. The maximum Gasteiger partial charge on any atom is 0.407 e. The molecule has 0 aromatic carbocycles. The molecule has 84 valence electrons. The molecular formula is C9H14N2O4. The SMILES string of the molecule is O=C(O)N1CCC(=O)N2C[C@H](O)C[C@H]2C1. The molecule has 0 bridgehead atoms. The van der Waals surface area contributed by atoms with Gasteiger partial charge in [0, 0.05) is 26.1 Å². The average molecular weight is 214 g/mol. The molecule has 6 nitrogen and oxygen atoms in total. The summed E-state index contributed by atoms with van der Waals surface area (Å²) in [6, 6.07) is -0.147. The van der Waals surface area contributed by atoms with Gasteiger partial charge in [0.15, 0.2) is 0 Å². The molecule has 2 fully saturated rings. The van der Waals surface area contributed by atoms with E-state index in [0.29, 0.717) is 19.5 Å². The highest BCUT2D eigenvalue weighted by Crippen LogP contribution is 2.22. The number of hydrogen-bond donors (Lipinski definition) is 2. The van der Waals surface area contributed by atoms with Crippen LogP contribution >= 0.6 is 0 Å². The van der Waals surface area contributed by atoms with Crippen molar-refractivity contribution in [2.24, 2.45) is 0 Å². The highest BCUT2D eigenvalue weighted by Gasteiger charge is 2.38. The smallest absolute Gasteiger partial charge is 0.407 e. The lowest BCUT2D eigenvalue weighted by molar-refractivity contribution is -0.131. The molecule has 0 aliphatic carbocycles. The molecule has 2 saturated heterocycles. The number of carboxylic acid groups (broad SMARTS) is 1. The van der Waals surface area contributed by atoms with Crippen LogP contribution in [0.15, 0.2) is 0 Å². The third-order valence-corrected chi connectivity index (χ3v) is 3.01. The third kappa shape index (κ3) is 1.90. The maximum absolute atomic E-state index is 11.6. The van der Waals surface area contributed by atoms with Gasteiger partial charge < -0.3 is 20.0 Å². The van der Waals surface area contributed by atoms with Gasteiger partial charge in [-0.1, -0.05) is 0 Å². The average Bonchev–Trinajstić information content (AvgIpc) is 2.46. The Bertz CT molecular complexity index is 294. The van der Waals surface area contributed by atoms with Crippen molar-refractivity contribution >= 4 is 12.0 Å². The number of nitrogens with zero attached hydrogens (tertiary/aromatic N) is 2. The van der Waals surface area contributed by atoms with Gasteiger partial charge in [-0.25, -0.2) is 4.79 Å². The van der Waals surface area contributed by atoms with E-state index in [1.807, 2.05) is 0 Å². The first-order valence-electron chi connectivity index (χ1n) is 5.03. The first-order valence-corrected chi connectivity index (χ1v) is 5.03. The van der Waals surface area contributed by atoms with E-state index >= 15 is 0 Å². The molecule has 2 rings (SSSR count). The van der Waals surface area contributed by atoms with E-state index in [-0.39, 0.29) is 24.9 Å². The first-order chi connectivity index (χ1) is 7.08. The Kier molecular flexibility index (Phi) is 2.52. The molecular weight excluding hydrogens is 200 g/mol. The van der Waals surface area contributed by atoms with E-state index in [0.717, 1.165) is 0 Å². The second-order valence-corrected chi connectivity index (χ2v) is 4.07. The van der Waals surface area contributed by atoms with Crippen LogP contribution in [-0.2, 0) is 4.79 Å². The summed E-state index contributed by atoms with van der Waals surface area (Å²) >= 11 is 0. The second kappa shape index (κ2) is 3.69. The molecule has 0 spiro atoms. The Balaban J connectivity index is 2.12. The zero-order valence-corrected chi connectivity index (χ0v) is 8.30. The predicted molar refractivity (Wildman–Crippen MR) is 50.3 cm³/mol. The predicted octanol–water partition coefficient (Wildman–Crippen LogP) is -0.668. The van der Waals surface area contributed by atoms with Crippen LogP contribution in [0.3, 0.4) is 0 Å². The Morgan fingerprint density at radius 1 is 1.40 bits per heavy atom. The van der Waals surface area contributed by atoms with Gasteiger partial charge in [-0.05, 0) is 6.42 Å². The van der Waals surface area contributed by atoms with Gasteiger partial charge in [-0.2, -0.15) is 0 Å². The van der Waals surface area contributed by atoms with Crippen molar-refractivity contribution in [3.63, 3.8) is 0 Å². The van der Waals surface area contributed by atoms with E-state index in [2.05, 4.69) is 0 Å². The van der Waals surface area contributed by atoms with Crippen LogP contribution < -0.4 is 0 Å². The highest BCUT2D eigenvalue weighted by atomic mass is 16.4.